The average Bonchev–Trinajstić information content (AvgIpc) is 3.25. The summed E-state index contributed by atoms with van der Waals surface area (Å²) in [6.45, 7) is 4.10. The molecule has 1 aliphatic rings. The number of nitrogens with zero attached hydrogens (tertiary/aromatic N) is 2. The highest BCUT2D eigenvalue weighted by Crippen LogP contribution is 2.36. The standard InChI is InChI=1S/C26H21FN2O2S/c1-2-29-14-16(13-17-11-12-23(32-17)18-7-3-5-9-21(18)27)25-20(15-29)24(26(30)31)19-8-4-6-10-22(19)28-25/h3-13H,2,14-15H2,1H3,(H,30,31)/b16-13+. The maximum atomic E-state index is 14.2. The van der Waals surface area contributed by atoms with Crippen LogP contribution in [0.4, 0.5) is 4.39 Å². The summed E-state index contributed by atoms with van der Waals surface area (Å²) >= 11 is 1.51. The molecular formula is C26H21FN2O2S. The smallest absolute Gasteiger partial charge is 0.336 e. The molecule has 6 heteroatoms. The number of thiophene rings is 1. The van der Waals surface area contributed by atoms with Crippen molar-refractivity contribution in [2.45, 2.75) is 13.5 Å². The minimum atomic E-state index is -0.935. The van der Waals surface area contributed by atoms with Gasteiger partial charge in [0.25, 0.3) is 0 Å². The summed E-state index contributed by atoms with van der Waals surface area (Å²) in [6.07, 6.45) is 2.06. The maximum Gasteiger partial charge on any atom is 0.336 e. The van der Waals surface area contributed by atoms with Gasteiger partial charge in [0.1, 0.15) is 5.82 Å². The normalized spacial score (nSPS) is 15.2. The molecule has 0 saturated carbocycles. The van der Waals surface area contributed by atoms with Gasteiger partial charge in [-0.1, -0.05) is 43.3 Å². The van der Waals surface area contributed by atoms with E-state index in [2.05, 4.69) is 17.9 Å². The van der Waals surface area contributed by atoms with E-state index < -0.39 is 5.97 Å². The first kappa shape index (κ1) is 20.5. The number of halogens is 1. The van der Waals surface area contributed by atoms with E-state index in [1.165, 1.54) is 17.4 Å². The minimum Gasteiger partial charge on any atom is -0.478 e. The number of aromatic nitrogens is 1. The van der Waals surface area contributed by atoms with Gasteiger partial charge < -0.3 is 5.11 Å². The van der Waals surface area contributed by atoms with E-state index in [0.717, 1.165) is 33.1 Å². The van der Waals surface area contributed by atoms with E-state index >= 15 is 0 Å². The number of likely N-dealkylation sites (N-methyl/N-ethyl adjacent to an activating group) is 1. The lowest BCUT2D eigenvalue weighted by atomic mass is 9.92. The van der Waals surface area contributed by atoms with Gasteiger partial charge in [-0.15, -0.1) is 11.3 Å². The second-order valence-electron chi connectivity index (χ2n) is 7.79. The Hall–Kier alpha value is -3.35. The largest absolute Gasteiger partial charge is 0.478 e. The zero-order valence-electron chi connectivity index (χ0n) is 17.5. The zero-order valence-corrected chi connectivity index (χ0v) is 18.3. The zero-order chi connectivity index (χ0) is 22.2. The summed E-state index contributed by atoms with van der Waals surface area (Å²) < 4.78 is 14.2. The van der Waals surface area contributed by atoms with Gasteiger partial charge in [0.2, 0.25) is 0 Å². The quantitative estimate of drug-likeness (QED) is 0.409. The molecule has 0 bridgehead atoms. The van der Waals surface area contributed by atoms with Gasteiger partial charge in [0.05, 0.1) is 16.8 Å². The highest BCUT2D eigenvalue weighted by atomic mass is 32.1. The van der Waals surface area contributed by atoms with Gasteiger partial charge >= 0.3 is 5.97 Å². The van der Waals surface area contributed by atoms with Crippen molar-refractivity contribution < 1.29 is 14.3 Å². The Labute approximate surface area is 189 Å². The third kappa shape index (κ3) is 3.61. The minimum absolute atomic E-state index is 0.243. The van der Waals surface area contributed by atoms with Crippen LogP contribution >= 0.6 is 11.3 Å². The van der Waals surface area contributed by atoms with Crippen molar-refractivity contribution in [2.75, 3.05) is 13.1 Å². The van der Waals surface area contributed by atoms with E-state index in [9.17, 15) is 14.3 Å². The van der Waals surface area contributed by atoms with Gasteiger partial charge in [-0.05, 0) is 42.5 Å². The molecule has 4 aromatic rings. The molecule has 0 radical (unpaired) electrons. The fraction of sp³-hybridized carbons (Fsp3) is 0.154. The number of fused-ring (bicyclic) bond motifs is 2. The number of pyridine rings is 1. The van der Waals surface area contributed by atoms with Crippen molar-refractivity contribution in [3.05, 3.63) is 88.2 Å². The number of rotatable bonds is 4. The Kier molecular flexibility index (Phi) is 5.33. The molecule has 32 heavy (non-hydrogen) atoms. The van der Waals surface area contributed by atoms with Crippen LogP contribution in [0, 0.1) is 5.82 Å². The third-order valence-corrected chi connectivity index (χ3v) is 6.88. The van der Waals surface area contributed by atoms with Crippen LogP contribution in [0.3, 0.4) is 0 Å². The van der Waals surface area contributed by atoms with Crippen LogP contribution in [0.2, 0.25) is 0 Å². The number of carboxylic acid groups (broad SMARTS) is 1. The molecule has 160 valence electrons. The first-order valence-corrected chi connectivity index (χ1v) is 11.3. The Morgan fingerprint density at radius 1 is 1.12 bits per heavy atom. The van der Waals surface area contributed by atoms with Crippen LogP contribution in [0.5, 0.6) is 0 Å². The molecule has 0 aliphatic carbocycles. The molecule has 0 amide bonds. The van der Waals surface area contributed by atoms with Gasteiger partial charge in [-0.25, -0.2) is 14.2 Å². The lowest BCUT2D eigenvalue weighted by molar-refractivity contribution is 0.0696. The SMILES string of the molecule is CCN1C/C(=C\c2ccc(-c3ccccc3F)s2)c2nc3ccccc3c(C(=O)O)c2C1. The molecule has 4 nitrogen and oxygen atoms in total. The van der Waals surface area contributed by atoms with Crippen molar-refractivity contribution in [3.8, 4) is 10.4 Å². The lowest BCUT2D eigenvalue weighted by Crippen LogP contribution is -2.31. The number of carboxylic acids is 1. The molecule has 1 N–H and O–H groups in total. The topological polar surface area (TPSA) is 53.4 Å². The summed E-state index contributed by atoms with van der Waals surface area (Å²) in [4.78, 5) is 21.2. The molecule has 3 heterocycles. The van der Waals surface area contributed by atoms with Crippen molar-refractivity contribution in [1.29, 1.82) is 0 Å². The van der Waals surface area contributed by atoms with E-state index in [0.29, 0.717) is 35.1 Å². The number of aromatic carboxylic acids is 1. The van der Waals surface area contributed by atoms with Gasteiger partial charge in [0.15, 0.2) is 0 Å². The molecular weight excluding hydrogens is 423 g/mol. The molecule has 1 aliphatic heterocycles. The first-order valence-electron chi connectivity index (χ1n) is 10.5. The Balaban J connectivity index is 1.66. The number of hydrogen-bond donors (Lipinski definition) is 1. The van der Waals surface area contributed by atoms with Crippen LogP contribution in [0.25, 0.3) is 33.0 Å². The monoisotopic (exact) mass is 444 g/mol. The molecule has 2 aromatic heterocycles. The molecule has 0 spiro atoms. The molecule has 0 unspecified atom stereocenters. The summed E-state index contributed by atoms with van der Waals surface area (Å²) in [5.41, 5.74) is 4.06. The maximum absolute atomic E-state index is 14.2. The average molecular weight is 445 g/mol. The second-order valence-corrected chi connectivity index (χ2v) is 8.91. The Morgan fingerprint density at radius 3 is 2.69 bits per heavy atom. The predicted molar refractivity (Wildman–Crippen MR) is 127 cm³/mol. The second kappa shape index (κ2) is 8.30. The van der Waals surface area contributed by atoms with Crippen LogP contribution < -0.4 is 0 Å². The third-order valence-electron chi connectivity index (χ3n) is 5.82. The van der Waals surface area contributed by atoms with Crippen LogP contribution in [0.1, 0.15) is 33.4 Å². The van der Waals surface area contributed by atoms with Crippen LogP contribution in [-0.4, -0.2) is 34.0 Å². The fourth-order valence-electron chi connectivity index (χ4n) is 4.26. The predicted octanol–water partition coefficient (Wildman–Crippen LogP) is 6.18. The van der Waals surface area contributed by atoms with E-state index in [1.54, 1.807) is 12.1 Å². The summed E-state index contributed by atoms with van der Waals surface area (Å²) in [5, 5.41) is 10.7. The first-order chi connectivity index (χ1) is 15.5. The number of hydrogen-bond acceptors (Lipinski definition) is 4. The van der Waals surface area contributed by atoms with E-state index in [1.807, 2.05) is 42.5 Å². The molecule has 0 saturated heterocycles. The molecule has 0 atom stereocenters. The number of para-hydroxylation sites is 1. The summed E-state index contributed by atoms with van der Waals surface area (Å²) in [7, 11) is 0. The van der Waals surface area contributed by atoms with Crippen LogP contribution in [-0.2, 0) is 6.54 Å². The van der Waals surface area contributed by atoms with Crippen molar-refractivity contribution >= 4 is 39.9 Å². The number of benzene rings is 2. The summed E-state index contributed by atoms with van der Waals surface area (Å²) in [5.74, 6) is -1.18. The van der Waals surface area contributed by atoms with Crippen molar-refractivity contribution in [2.24, 2.45) is 0 Å². The fourth-order valence-corrected chi connectivity index (χ4v) is 5.26. The Bertz CT molecular complexity index is 1380. The Morgan fingerprint density at radius 2 is 1.91 bits per heavy atom. The van der Waals surface area contributed by atoms with E-state index in [4.69, 9.17) is 4.98 Å². The van der Waals surface area contributed by atoms with E-state index in [-0.39, 0.29) is 5.82 Å². The molecule has 2 aromatic carbocycles. The lowest BCUT2D eigenvalue weighted by Gasteiger charge is -2.30. The molecule has 0 fully saturated rings. The van der Waals surface area contributed by atoms with Gasteiger partial charge in [-0.2, -0.15) is 0 Å². The van der Waals surface area contributed by atoms with Crippen molar-refractivity contribution in [3.63, 3.8) is 0 Å². The molecule has 5 rings (SSSR count). The highest BCUT2D eigenvalue weighted by molar-refractivity contribution is 7.16. The van der Waals surface area contributed by atoms with Gasteiger partial charge in [-0.3, -0.25) is 4.90 Å². The summed E-state index contributed by atoms with van der Waals surface area (Å²) in [6, 6.07) is 18.0. The number of carbonyl (C=O) groups is 1. The van der Waals surface area contributed by atoms with Crippen LogP contribution in [0.15, 0.2) is 60.7 Å². The highest BCUT2D eigenvalue weighted by Gasteiger charge is 2.28. The van der Waals surface area contributed by atoms with Crippen molar-refractivity contribution in [1.82, 2.24) is 9.88 Å². The van der Waals surface area contributed by atoms with Gasteiger partial charge in [0, 0.05) is 39.4 Å².